The lowest BCUT2D eigenvalue weighted by Gasteiger charge is -2.52. The van der Waals surface area contributed by atoms with E-state index in [2.05, 4.69) is 5.32 Å². The highest BCUT2D eigenvalue weighted by Crippen LogP contribution is 2.44. The number of hydrogen-bond donors (Lipinski definition) is 4. The first-order chi connectivity index (χ1) is 29.0. The molecule has 4 N–H and O–H groups in total. The zero-order valence-electron chi connectivity index (χ0n) is 35.9. The van der Waals surface area contributed by atoms with E-state index in [1.807, 2.05) is 87.8 Å². The Hall–Kier alpha value is -3.63. The number of likely N-dealkylation sites (N-methyl/N-ethyl adjacent to an activating group) is 1. The summed E-state index contributed by atoms with van der Waals surface area (Å²) >= 11 is 2.64. The predicted molar refractivity (Wildman–Crippen MR) is 236 cm³/mol. The fourth-order valence-corrected chi connectivity index (χ4v) is 10.9. The number of rotatable bonds is 21. The summed E-state index contributed by atoms with van der Waals surface area (Å²) in [5.41, 5.74) is -1.18. The second-order valence-corrected chi connectivity index (χ2v) is 20.5. The van der Waals surface area contributed by atoms with Crippen LogP contribution in [0.25, 0.3) is 0 Å². The number of benzene rings is 2. The summed E-state index contributed by atoms with van der Waals surface area (Å²) in [4.78, 5) is 50.3. The summed E-state index contributed by atoms with van der Waals surface area (Å²) in [5, 5.41) is 18.1. The number of phosphoric acid groups is 1. The highest BCUT2D eigenvalue weighted by molar-refractivity contribution is 7.46. The van der Waals surface area contributed by atoms with Gasteiger partial charge in [-0.2, -0.15) is 0 Å². The molecule has 0 spiro atoms. The molecule has 2 aromatic carbocycles. The molecule has 0 saturated carbocycles. The van der Waals surface area contributed by atoms with Crippen molar-refractivity contribution >= 4 is 42.4 Å². The average molecular weight is 900 g/mol. The summed E-state index contributed by atoms with van der Waals surface area (Å²) in [6.07, 6.45) is 1.47. The second-order valence-electron chi connectivity index (χ2n) is 17.5. The van der Waals surface area contributed by atoms with Gasteiger partial charge in [0.25, 0.3) is 5.60 Å². The molecule has 7 rings (SSSR count). The molecule has 2 bridgehead atoms. The van der Waals surface area contributed by atoms with Crippen molar-refractivity contribution in [1.82, 2.24) is 5.32 Å². The van der Waals surface area contributed by atoms with Gasteiger partial charge >= 0.3 is 19.8 Å². The highest BCUT2D eigenvalue weighted by Gasteiger charge is 2.54. The molecule has 13 nitrogen and oxygen atoms in total. The molecule has 3 fully saturated rings. The number of phosphoric ester groups is 1. The van der Waals surface area contributed by atoms with E-state index < -0.39 is 31.5 Å². The molecule has 2 atom stereocenters. The van der Waals surface area contributed by atoms with Crippen LogP contribution in [0.2, 0.25) is 0 Å². The Morgan fingerprint density at radius 1 is 0.951 bits per heavy atom. The van der Waals surface area contributed by atoms with E-state index in [1.165, 1.54) is 28.7 Å². The third-order valence-corrected chi connectivity index (χ3v) is 14.6. The smallest absolute Gasteiger partial charge is 0.493 e. The van der Waals surface area contributed by atoms with Crippen LogP contribution in [0, 0.1) is 5.92 Å². The highest BCUT2D eigenvalue weighted by atomic mass is 32.1. The standard InChI is InChI=1S/C45H60N3O10PS2/c1-6-47(7-2,30-35-28-34(37(49)29-46-44(3,4)5)18-19-38(35)58-59(52,53)54)32-42(50)57-45(40-16-11-26-60-40,41-17-12-27-61-41)43(51)56-39-31-48(23-20-33(39)21-24-48)22-13-25-55-36-14-9-8-10-15-36/h8-12,14-19,26-28,33,37,39,46,49H,6-7,13,20-25,29-32H2,1-5H3/p+2. The van der Waals surface area contributed by atoms with Crippen molar-refractivity contribution in [2.45, 2.75) is 83.8 Å². The Morgan fingerprint density at radius 2 is 1.61 bits per heavy atom. The lowest BCUT2D eigenvalue weighted by atomic mass is 9.83. The molecule has 3 saturated heterocycles. The zero-order valence-corrected chi connectivity index (χ0v) is 38.4. The number of esters is 2. The van der Waals surface area contributed by atoms with Crippen LogP contribution in [0.5, 0.6) is 11.5 Å². The number of carbonyl (C=O) groups excluding carboxylic acids is 2. The Labute approximate surface area is 367 Å². The van der Waals surface area contributed by atoms with E-state index in [4.69, 9.17) is 18.7 Å². The minimum absolute atomic E-state index is 0.0531. The maximum Gasteiger partial charge on any atom is 0.524 e. The Bertz CT molecular complexity index is 2040. The van der Waals surface area contributed by atoms with Gasteiger partial charge < -0.3 is 38.1 Å². The van der Waals surface area contributed by atoms with Crippen LogP contribution in [0.4, 0.5) is 0 Å². The number of β-amino-alcohol motifs (C(OH)–C–C–N with tert-alkyl or cyclic N) is 1. The molecule has 0 radical (unpaired) electrons. The third kappa shape index (κ3) is 11.9. The van der Waals surface area contributed by atoms with Crippen LogP contribution >= 0.6 is 30.5 Å². The second kappa shape index (κ2) is 19.8. The normalized spacial score (nSPS) is 19.9. The number of fused-ring (bicyclic) bond motifs is 3. The van der Waals surface area contributed by atoms with E-state index >= 15 is 4.79 Å². The molecule has 332 valence electrons. The van der Waals surface area contributed by atoms with Crippen molar-refractivity contribution in [3.63, 3.8) is 0 Å². The molecule has 0 amide bonds. The number of aliphatic hydroxyl groups excluding tert-OH is 1. The SMILES string of the molecule is CC[N+](CC)(CC(=O)OC(C(=O)OC1C[N+]2(CCCOc3ccccc3)CCC1CC2)(c1cccs1)c1cccs1)Cc1cc(C(O)CNC(C)(C)C)ccc1OP(=O)(O)O. The lowest BCUT2D eigenvalue weighted by molar-refractivity contribution is -0.946. The van der Waals surface area contributed by atoms with Crippen LogP contribution in [0.1, 0.15) is 80.9 Å². The first-order valence-electron chi connectivity index (χ1n) is 21.2. The van der Waals surface area contributed by atoms with E-state index in [1.54, 1.807) is 24.3 Å². The molecule has 61 heavy (non-hydrogen) atoms. The number of ether oxygens (including phenoxy) is 3. The summed E-state index contributed by atoms with van der Waals surface area (Å²) < 4.78 is 37.4. The number of piperidine rings is 3. The third-order valence-electron chi connectivity index (χ3n) is 12.2. The molecule has 2 aromatic heterocycles. The van der Waals surface area contributed by atoms with Crippen LogP contribution in [-0.4, -0.2) is 106 Å². The molecule has 0 aliphatic carbocycles. The van der Waals surface area contributed by atoms with Gasteiger partial charge in [0, 0.05) is 42.8 Å². The van der Waals surface area contributed by atoms with Gasteiger partial charge in [0.2, 0.25) is 0 Å². The molecule has 3 aliphatic heterocycles. The number of carbonyl (C=O) groups is 2. The van der Waals surface area contributed by atoms with Gasteiger partial charge in [-0.25, -0.2) is 14.2 Å². The number of nitrogens with one attached hydrogen (secondary N) is 1. The maximum atomic E-state index is 15.0. The summed E-state index contributed by atoms with van der Waals surface area (Å²) in [6, 6.07) is 21.7. The fourth-order valence-electron chi connectivity index (χ4n) is 8.65. The number of hydrogen-bond acceptors (Lipinski definition) is 11. The van der Waals surface area contributed by atoms with Crippen LogP contribution in [0.15, 0.2) is 83.6 Å². The van der Waals surface area contributed by atoms with E-state index in [9.17, 15) is 24.3 Å². The largest absolute Gasteiger partial charge is 0.524 e. The Morgan fingerprint density at radius 3 is 2.18 bits per heavy atom. The van der Waals surface area contributed by atoms with Gasteiger partial charge in [-0.05, 0) is 87.3 Å². The Balaban J connectivity index is 1.24. The summed E-state index contributed by atoms with van der Waals surface area (Å²) in [5.74, 6) is -0.258. The van der Waals surface area contributed by atoms with Crippen LogP contribution in [0.3, 0.4) is 0 Å². The van der Waals surface area contributed by atoms with Crippen molar-refractivity contribution < 1.29 is 56.7 Å². The van der Waals surface area contributed by atoms with Crippen molar-refractivity contribution in [2.24, 2.45) is 5.92 Å². The number of thiophene rings is 2. The number of nitrogens with zero attached hydrogens (tertiary/aromatic N) is 2. The Kier molecular flexibility index (Phi) is 15.2. The maximum absolute atomic E-state index is 15.0. The first-order valence-corrected chi connectivity index (χ1v) is 24.5. The van der Waals surface area contributed by atoms with Gasteiger partial charge in [0.1, 0.15) is 24.6 Å². The predicted octanol–water partition coefficient (Wildman–Crippen LogP) is 7.17. The van der Waals surface area contributed by atoms with Crippen molar-refractivity contribution in [2.75, 3.05) is 59.0 Å². The minimum Gasteiger partial charge on any atom is -0.493 e. The molecule has 5 heterocycles. The quantitative estimate of drug-likeness (QED) is 0.0291. The summed E-state index contributed by atoms with van der Waals surface area (Å²) in [7, 11) is -4.97. The van der Waals surface area contributed by atoms with Gasteiger partial charge in [-0.3, -0.25) is 9.79 Å². The molecular formula is C45H62N3O10PS2+2. The molecule has 16 heteroatoms. The van der Waals surface area contributed by atoms with Crippen molar-refractivity contribution in [3.05, 3.63) is 104 Å². The van der Waals surface area contributed by atoms with Crippen LogP contribution in [-0.2, 0) is 35.8 Å². The van der Waals surface area contributed by atoms with Gasteiger partial charge in [-0.1, -0.05) is 36.4 Å². The molecular weight excluding hydrogens is 838 g/mol. The number of para-hydroxylation sites is 1. The fraction of sp³-hybridized carbons (Fsp3) is 0.511. The van der Waals surface area contributed by atoms with Crippen LogP contribution < -0.4 is 14.6 Å². The van der Waals surface area contributed by atoms with Crippen molar-refractivity contribution in [3.8, 4) is 11.5 Å². The summed E-state index contributed by atoms with van der Waals surface area (Å²) in [6.45, 7) is 15.1. The van der Waals surface area contributed by atoms with E-state index in [0.29, 0.717) is 47.1 Å². The van der Waals surface area contributed by atoms with Gasteiger partial charge in [-0.15, -0.1) is 22.7 Å². The number of aliphatic hydroxyl groups is 1. The monoisotopic (exact) mass is 899 g/mol. The van der Waals surface area contributed by atoms with Gasteiger partial charge in [0.05, 0.1) is 55.2 Å². The first kappa shape index (κ1) is 46.9. The molecule has 3 aliphatic rings. The minimum atomic E-state index is -4.97. The van der Waals surface area contributed by atoms with E-state index in [-0.39, 0.29) is 47.4 Å². The zero-order chi connectivity index (χ0) is 43.9. The van der Waals surface area contributed by atoms with E-state index in [0.717, 1.165) is 49.1 Å². The number of quaternary nitrogens is 2. The topological polar surface area (TPSA) is 161 Å². The van der Waals surface area contributed by atoms with Crippen molar-refractivity contribution in [1.29, 1.82) is 0 Å². The lowest BCUT2D eigenvalue weighted by Crippen LogP contribution is -2.65. The van der Waals surface area contributed by atoms with Gasteiger partial charge in [0.15, 0.2) is 12.6 Å². The average Bonchev–Trinajstić information content (AvgIpc) is 3.98. The molecule has 2 unspecified atom stereocenters. The molecule has 4 aromatic rings.